The van der Waals surface area contributed by atoms with Crippen LogP contribution < -0.4 is 10.2 Å². The Bertz CT molecular complexity index is 514. The van der Waals surface area contributed by atoms with Gasteiger partial charge in [-0.2, -0.15) is 14.6 Å². The van der Waals surface area contributed by atoms with Crippen LogP contribution in [0.4, 0.5) is 5.82 Å². The average molecular weight is 232 g/mol. The molecular weight excluding hydrogens is 216 g/mol. The molecule has 0 radical (unpaired) electrons. The van der Waals surface area contributed by atoms with Gasteiger partial charge in [-0.05, 0) is 6.42 Å². The molecule has 2 aromatic rings. The Balaban J connectivity index is 2.08. The molecule has 0 unspecified atom stereocenters. The van der Waals surface area contributed by atoms with E-state index in [9.17, 15) is 0 Å². The second kappa shape index (κ2) is 4.29. The molecule has 6 nitrogen and oxygen atoms in total. The molecule has 0 aromatic carbocycles. The predicted molar refractivity (Wildman–Crippen MR) is 65.2 cm³/mol. The molecule has 1 aliphatic rings. The van der Waals surface area contributed by atoms with E-state index in [1.54, 1.807) is 6.33 Å². The van der Waals surface area contributed by atoms with Crippen LogP contribution in [0.3, 0.4) is 0 Å². The standard InChI is InChI=1S/C11H16N6/c1-2-9-7-10(16-5-3-12-4-6-16)17-11(15-9)13-8-14-17/h7-8,12H,2-6H2,1H3. The fraction of sp³-hybridized carbons (Fsp3) is 0.545. The molecule has 0 saturated carbocycles. The molecule has 90 valence electrons. The van der Waals surface area contributed by atoms with E-state index in [-0.39, 0.29) is 0 Å². The van der Waals surface area contributed by atoms with Gasteiger partial charge in [-0.25, -0.2) is 4.98 Å². The van der Waals surface area contributed by atoms with E-state index in [0.717, 1.165) is 44.1 Å². The van der Waals surface area contributed by atoms with Gasteiger partial charge in [0.05, 0.1) is 0 Å². The number of nitrogens with one attached hydrogen (secondary N) is 1. The first-order chi connectivity index (χ1) is 8.38. The molecule has 0 bridgehead atoms. The third kappa shape index (κ3) is 1.84. The molecule has 3 heterocycles. The summed E-state index contributed by atoms with van der Waals surface area (Å²) in [6, 6.07) is 2.12. The highest BCUT2D eigenvalue weighted by Crippen LogP contribution is 2.16. The summed E-state index contributed by atoms with van der Waals surface area (Å²) < 4.78 is 1.82. The third-order valence-corrected chi connectivity index (χ3v) is 3.09. The van der Waals surface area contributed by atoms with Gasteiger partial charge in [-0.3, -0.25) is 0 Å². The Kier molecular flexibility index (Phi) is 2.64. The third-order valence-electron chi connectivity index (χ3n) is 3.09. The molecule has 1 N–H and O–H groups in total. The fourth-order valence-electron chi connectivity index (χ4n) is 2.14. The highest BCUT2D eigenvalue weighted by Gasteiger charge is 2.15. The van der Waals surface area contributed by atoms with Crippen LogP contribution in [0.25, 0.3) is 5.78 Å². The lowest BCUT2D eigenvalue weighted by Gasteiger charge is -2.29. The molecule has 1 saturated heterocycles. The van der Waals surface area contributed by atoms with Crippen molar-refractivity contribution in [3.63, 3.8) is 0 Å². The zero-order valence-corrected chi connectivity index (χ0v) is 9.93. The second-order valence-electron chi connectivity index (χ2n) is 4.17. The number of hydrogen-bond acceptors (Lipinski definition) is 5. The van der Waals surface area contributed by atoms with Crippen molar-refractivity contribution in [2.45, 2.75) is 13.3 Å². The maximum atomic E-state index is 4.46. The number of nitrogens with zero attached hydrogens (tertiary/aromatic N) is 5. The van der Waals surface area contributed by atoms with Crippen LogP contribution >= 0.6 is 0 Å². The first kappa shape index (κ1) is 10.5. The molecule has 0 spiro atoms. The molecule has 1 aliphatic heterocycles. The van der Waals surface area contributed by atoms with Crippen molar-refractivity contribution in [2.24, 2.45) is 0 Å². The minimum absolute atomic E-state index is 0.692. The number of aryl methyl sites for hydroxylation is 1. The van der Waals surface area contributed by atoms with Crippen LogP contribution in [0.15, 0.2) is 12.4 Å². The van der Waals surface area contributed by atoms with Gasteiger partial charge in [-0.1, -0.05) is 6.92 Å². The fourth-order valence-corrected chi connectivity index (χ4v) is 2.14. The monoisotopic (exact) mass is 232 g/mol. The van der Waals surface area contributed by atoms with Crippen molar-refractivity contribution in [2.75, 3.05) is 31.1 Å². The highest BCUT2D eigenvalue weighted by molar-refractivity contribution is 5.47. The Hall–Kier alpha value is -1.69. The molecule has 3 rings (SSSR count). The van der Waals surface area contributed by atoms with Crippen LogP contribution in [0.5, 0.6) is 0 Å². The van der Waals surface area contributed by atoms with Crippen molar-refractivity contribution in [3.05, 3.63) is 18.1 Å². The van der Waals surface area contributed by atoms with Crippen molar-refractivity contribution in [3.8, 4) is 0 Å². The average Bonchev–Trinajstić information content (AvgIpc) is 2.86. The first-order valence-electron chi connectivity index (χ1n) is 6.04. The van der Waals surface area contributed by atoms with Crippen LogP contribution in [-0.4, -0.2) is 45.8 Å². The Morgan fingerprint density at radius 2 is 2.18 bits per heavy atom. The maximum Gasteiger partial charge on any atom is 0.254 e. The molecule has 2 aromatic heterocycles. The van der Waals surface area contributed by atoms with Gasteiger partial charge in [0.1, 0.15) is 12.1 Å². The van der Waals surface area contributed by atoms with E-state index in [1.165, 1.54) is 0 Å². The lowest BCUT2D eigenvalue weighted by Crippen LogP contribution is -2.44. The van der Waals surface area contributed by atoms with Gasteiger partial charge in [0.15, 0.2) is 0 Å². The van der Waals surface area contributed by atoms with E-state index < -0.39 is 0 Å². The summed E-state index contributed by atoms with van der Waals surface area (Å²) >= 11 is 0. The zero-order valence-electron chi connectivity index (χ0n) is 9.93. The van der Waals surface area contributed by atoms with Crippen LogP contribution in [-0.2, 0) is 6.42 Å². The smallest absolute Gasteiger partial charge is 0.254 e. The number of aromatic nitrogens is 4. The predicted octanol–water partition coefficient (Wildman–Crippen LogP) is 0.0963. The van der Waals surface area contributed by atoms with Crippen LogP contribution in [0.1, 0.15) is 12.6 Å². The summed E-state index contributed by atoms with van der Waals surface area (Å²) in [6.45, 7) is 6.14. The van der Waals surface area contributed by atoms with Crippen LogP contribution in [0.2, 0.25) is 0 Å². The summed E-state index contributed by atoms with van der Waals surface area (Å²) in [7, 11) is 0. The molecule has 0 aliphatic carbocycles. The Morgan fingerprint density at radius 1 is 1.35 bits per heavy atom. The largest absolute Gasteiger partial charge is 0.354 e. The summed E-state index contributed by atoms with van der Waals surface area (Å²) in [4.78, 5) is 11.0. The topological polar surface area (TPSA) is 58.4 Å². The van der Waals surface area contributed by atoms with Crippen molar-refractivity contribution >= 4 is 11.6 Å². The van der Waals surface area contributed by atoms with Crippen molar-refractivity contribution < 1.29 is 0 Å². The Morgan fingerprint density at radius 3 is 2.94 bits per heavy atom. The zero-order chi connectivity index (χ0) is 11.7. The normalized spacial score (nSPS) is 16.6. The maximum absolute atomic E-state index is 4.46. The molecule has 17 heavy (non-hydrogen) atoms. The highest BCUT2D eigenvalue weighted by atomic mass is 15.4. The quantitative estimate of drug-likeness (QED) is 0.795. The lowest BCUT2D eigenvalue weighted by molar-refractivity contribution is 0.579. The van der Waals surface area contributed by atoms with E-state index in [1.807, 2.05) is 4.52 Å². The second-order valence-corrected chi connectivity index (χ2v) is 4.17. The van der Waals surface area contributed by atoms with Gasteiger partial charge in [0, 0.05) is 37.9 Å². The van der Waals surface area contributed by atoms with E-state index in [4.69, 9.17) is 0 Å². The van der Waals surface area contributed by atoms with E-state index >= 15 is 0 Å². The van der Waals surface area contributed by atoms with Gasteiger partial charge in [0.25, 0.3) is 5.78 Å². The number of anilines is 1. The van der Waals surface area contributed by atoms with Crippen molar-refractivity contribution in [1.29, 1.82) is 0 Å². The number of piperazine rings is 1. The molecule has 0 amide bonds. The molecule has 6 heteroatoms. The number of rotatable bonds is 2. The molecular formula is C11H16N6. The van der Waals surface area contributed by atoms with Gasteiger partial charge < -0.3 is 10.2 Å². The summed E-state index contributed by atoms with van der Waals surface area (Å²) in [6.07, 6.45) is 2.48. The van der Waals surface area contributed by atoms with Gasteiger partial charge in [0.2, 0.25) is 0 Å². The summed E-state index contributed by atoms with van der Waals surface area (Å²) in [5, 5.41) is 7.60. The van der Waals surface area contributed by atoms with Gasteiger partial charge in [-0.15, -0.1) is 0 Å². The minimum Gasteiger partial charge on any atom is -0.354 e. The van der Waals surface area contributed by atoms with Gasteiger partial charge >= 0.3 is 0 Å². The SMILES string of the molecule is CCc1cc(N2CCNCC2)n2ncnc2n1. The lowest BCUT2D eigenvalue weighted by atomic mass is 10.3. The summed E-state index contributed by atoms with van der Waals surface area (Å²) in [5.41, 5.74) is 1.07. The number of hydrogen-bond donors (Lipinski definition) is 1. The van der Waals surface area contributed by atoms with Crippen molar-refractivity contribution in [1.82, 2.24) is 24.9 Å². The number of fused-ring (bicyclic) bond motifs is 1. The van der Waals surface area contributed by atoms with E-state index in [0.29, 0.717) is 5.78 Å². The first-order valence-corrected chi connectivity index (χ1v) is 6.04. The molecule has 0 atom stereocenters. The minimum atomic E-state index is 0.692. The van der Waals surface area contributed by atoms with Crippen LogP contribution in [0, 0.1) is 0 Å². The summed E-state index contributed by atoms with van der Waals surface area (Å²) in [5.74, 6) is 1.80. The molecule has 1 fully saturated rings. The van der Waals surface area contributed by atoms with E-state index in [2.05, 4.69) is 38.3 Å². The Labute approximate surface area is 99.7 Å².